The minimum Gasteiger partial charge on any atom is -0.378 e. The minimum absolute atomic E-state index is 0.199. The number of carbonyl (C=O) groups is 1. The number of sulfonamides is 1. The summed E-state index contributed by atoms with van der Waals surface area (Å²) < 4.78 is 27.7. The van der Waals surface area contributed by atoms with Crippen molar-refractivity contribution in [3.05, 3.63) is 83.9 Å². The first-order chi connectivity index (χ1) is 14.9. The molecule has 1 amide bonds. The van der Waals surface area contributed by atoms with E-state index in [0.29, 0.717) is 23.5 Å². The van der Waals surface area contributed by atoms with Gasteiger partial charge in [-0.05, 0) is 73.0 Å². The Hall–Kier alpha value is -3.32. The number of hydrogen-bond acceptors (Lipinski definition) is 4. The van der Waals surface area contributed by atoms with Gasteiger partial charge >= 0.3 is 0 Å². The monoisotopic (exact) mass is 435 g/mol. The third kappa shape index (κ3) is 4.27. The van der Waals surface area contributed by atoms with Crippen LogP contribution in [0.4, 0.5) is 17.1 Å². The largest absolute Gasteiger partial charge is 0.378 e. The molecule has 1 N–H and O–H groups in total. The molecule has 7 heteroatoms. The fraction of sp³-hybridized carbons (Fsp3) is 0.208. The van der Waals surface area contributed by atoms with Crippen LogP contribution in [0, 0.1) is 0 Å². The van der Waals surface area contributed by atoms with E-state index in [1.165, 1.54) is 4.31 Å². The highest BCUT2D eigenvalue weighted by atomic mass is 32.2. The average Bonchev–Trinajstić information content (AvgIpc) is 2.79. The van der Waals surface area contributed by atoms with Gasteiger partial charge in [0.2, 0.25) is 0 Å². The van der Waals surface area contributed by atoms with Gasteiger partial charge in [-0.3, -0.25) is 9.10 Å². The number of fused-ring (bicyclic) bond motifs is 1. The molecule has 0 aliphatic carbocycles. The summed E-state index contributed by atoms with van der Waals surface area (Å²) >= 11 is 0. The van der Waals surface area contributed by atoms with Crippen LogP contribution in [0.25, 0.3) is 0 Å². The van der Waals surface area contributed by atoms with Crippen molar-refractivity contribution in [1.82, 2.24) is 0 Å². The summed E-state index contributed by atoms with van der Waals surface area (Å²) in [4.78, 5) is 14.9. The second kappa shape index (κ2) is 8.43. The molecule has 1 aliphatic rings. The van der Waals surface area contributed by atoms with Gasteiger partial charge in [0.05, 0.1) is 10.6 Å². The van der Waals surface area contributed by atoms with Crippen LogP contribution in [0.1, 0.15) is 22.3 Å². The molecule has 0 bridgehead atoms. The van der Waals surface area contributed by atoms with Crippen molar-refractivity contribution in [3.63, 3.8) is 0 Å². The Labute approximate surface area is 183 Å². The minimum atomic E-state index is -3.62. The van der Waals surface area contributed by atoms with Crippen LogP contribution in [0.15, 0.2) is 77.7 Å². The maximum absolute atomic E-state index is 13.1. The summed E-state index contributed by atoms with van der Waals surface area (Å²) in [6.45, 7) is 0.439. The Kier molecular flexibility index (Phi) is 5.69. The first-order valence-corrected chi connectivity index (χ1v) is 11.6. The number of nitrogens with zero attached hydrogens (tertiary/aromatic N) is 2. The normalized spacial score (nSPS) is 13.4. The Morgan fingerprint density at radius 1 is 0.968 bits per heavy atom. The zero-order chi connectivity index (χ0) is 22.0. The maximum atomic E-state index is 13.1. The van der Waals surface area contributed by atoms with Crippen molar-refractivity contribution in [2.75, 3.05) is 35.2 Å². The molecule has 0 atom stereocenters. The van der Waals surface area contributed by atoms with Crippen molar-refractivity contribution in [2.24, 2.45) is 0 Å². The van der Waals surface area contributed by atoms with Crippen LogP contribution >= 0.6 is 0 Å². The molecule has 6 nitrogen and oxygen atoms in total. The second-order valence-corrected chi connectivity index (χ2v) is 9.60. The van der Waals surface area contributed by atoms with Gasteiger partial charge in [0, 0.05) is 37.6 Å². The van der Waals surface area contributed by atoms with E-state index in [4.69, 9.17) is 0 Å². The number of rotatable bonds is 5. The number of amides is 1. The molecule has 0 radical (unpaired) electrons. The zero-order valence-electron chi connectivity index (χ0n) is 17.6. The van der Waals surface area contributed by atoms with Gasteiger partial charge in [0.1, 0.15) is 0 Å². The van der Waals surface area contributed by atoms with Gasteiger partial charge in [0.15, 0.2) is 0 Å². The Morgan fingerprint density at radius 2 is 1.68 bits per heavy atom. The van der Waals surface area contributed by atoms with Crippen LogP contribution in [0.3, 0.4) is 0 Å². The molecule has 0 saturated carbocycles. The summed E-state index contributed by atoms with van der Waals surface area (Å²) in [5.74, 6) is -0.199. The molecule has 0 saturated heterocycles. The summed E-state index contributed by atoms with van der Waals surface area (Å²) in [5.41, 5.74) is 3.82. The van der Waals surface area contributed by atoms with E-state index in [0.717, 1.165) is 24.1 Å². The predicted molar refractivity (Wildman–Crippen MR) is 124 cm³/mol. The molecule has 1 aliphatic heterocycles. The van der Waals surface area contributed by atoms with Crippen LogP contribution in [0.2, 0.25) is 0 Å². The van der Waals surface area contributed by atoms with Gasteiger partial charge in [-0.15, -0.1) is 0 Å². The molecule has 0 unspecified atom stereocenters. The molecular formula is C24H25N3O3S. The van der Waals surface area contributed by atoms with Gasteiger partial charge in [0.25, 0.3) is 15.9 Å². The number of benzene rings is 3. The van der Waals surface area contributed by atoms with E-state index in [-0.39, 0.29) is 10.8 Å². The molecule has 3 aromatic rings. The fourth-order valence-corrected chi connectivity index (χ4v) is 5.29. The van der Waals surface area contributed by atoms with E-state index in [1.807, 2.05) is 37.2 Å². The van der Waals surface area contributed by atoms with Gasteiger partial charge in [-0.2, -0.15) is 0 Å². The van der Waals surface area contributed by atoms with Crippen LogP contribution in [-0.4, -0.2) is 35.0 Å². The number of aryl methyl sites for hydroxylation is 1. The molecular weight excluding hydrogens is 410 g/mol. The highest BCUT2D eigenvalue weighted by Gasteiger charge is 2.29. The number of nitrogens with one attached hydrogen (secondary N) is 1. The van der Waals surface area contributed by atoms with Crippen LogP contribution in [0.5, 0.6) is 0 Å². The van der Waals surface area contributed by atoms with Gasteiger partial charge < -0.3 is 10.2 Å². The quantitative estimate of drug-likeness (QED) is 0.654. The lowest BCUT2D eigenvalue weighted by molar-refractivity contribution is 0.102. The summed E-state index contributed by atoms with van der Waals surface area (Å²) in [6.07, 6.45) is 1.49. The van der Waals surface area contributed by atoms with Crippen molar-refractivity contribution in [2.45, 2.75) is 17.7 Å². The number of carbonyl (C=O) groups excluding carboxylic acids is 1. The smallest absolute Gasteiger partial charge is 0.264 e. The van der Waals surface area contributed by atoms with Crippen LogP contribution in [-0.2, 0) is 16.4 Å². The van der Waals surface area contributed by atoms with E-state index < -0.39 is 10.0 Å². The Bertz CT molecular complexity index is 1190. The molecule has 3 aromatic carbocycles. The van der Waals surface area contributed by atoms with Crippen molar-refractivity contribution >= 4 is 33.0 Å². The molecule has 160 valence electrons. The molecule has 0 fully saturated rings. The van der Waals surface area contributed by atoms with Crippen molar-refractivity contribution in [3.8, 4) is 0 Å². The Morgan fingerprint density at radius 3 is 2.35 bits per heavy atom. The lowest BCUT2D eigenvalue weighted by atomic mass is 10.0. The first-order valence-electron chi connectivity index (χ1n) is 10.2. The van der Waals surface area contributed by atoms with Gasteiger partial charge in [-0.1, -0.05) is 18.2 Å². The standard InChI is InChI=1S/C24H25N3O3S/c1-26(2)21-13-10-18(11-14-21)24(28)25-20-12-15-23-19(17-20)7-6-16-27(23)31(29,30)22-8-4-3-5-9-22/h3-5,8-15,17H,6-7,16H2,1-2H3,(H,25,28). The van der Waals surface area contributed by atoms with E-state index in [1.54, 1.807) is 54.6 Å². The highest BCUT2D eigenvalue weighted by molar-refractivity contribution is 7.92. The number of hydrogen-bond donors (Lipinski definition) is 1. The summed E-state index contributed by atoms with van der Waals surface area (Å²) in [5, 5.41) is 2.92. The molecule has 1 heterocycles. The van der Waals surface area contributed by atoms with Gasteiger partial charge in [-0.25, -0.2) is 8.42 Å². The Balaban J connectivity index is 1.56. The van der Waals surface area contributed by atoms with Crippen molar-refractivity contribution < 1.29 is 13.2 Å². The third-order valence-electron chi connectivity index (χ3n) is 5.39. The first kappa shape index (κ1) is 20.9. The molecule has 0 spiro atoms. The molecule has 31 heavy (non-hydrogen) atoms. The van der Waals surface area contributed by atoms with Crippen LogP contribution < -0.4 is 14.5 Å². The second-order valence-electron chi connectivity index (χ2n) is 7.73. The van der Waals surface area contributed by atoms with Crippen molar-refractivity contribution in [1.29, 1.82) is 0 Å². The number of anilines is 3. The maximum Gasteiger partial charge on any atom is 0.264 e. The topological polar surface area (TPSA) is 69.7 Å². The van der Waals surface area contributed by atoms with E-state index >= 15 is 0 Å². The zero-order valence-corrected chi connectivity index (χ0v) is 18.4. The third-order valence-corrected chi connectivity index (χ3v) is 7.22. The fourth-order valence-electron chi connectivity index (χ4n) is 3.72. The summed E-state index contributed by atoms with van der Waals surface area (Å²) in [6, 6.07) is 21.2. The SMILES string of the molecule is CN(C)c1ccc(C(=O)Nc2ccc3c(c2)CCCN3S(=O)(=O)c2ccccc2)cc1. The predicted octanol–water partition coefficient (Wildman–Crippen LogP) is 4.15. The lowest BCUT2D eigenvalue weighted by Gasteiger charge is -2.31. The molecule has 4 rings (SSSR count). The van der Waals surface area contributed by atoms with E-state index in [2.05, 4.69) is 5.32 Å². The lowest BCUT2D eigenvalue weighted by Crippen LogP contribution is -2.35. The summed E-state index contributed by atoms with van der Waals surface area (Å²) in [7, 11) is 0.272. The molecule has 0 aromatic heterocycles. The highest BCUT2D eigenvalue weighted by Crippen LogP contribution is 2.33. The van der Waals surface area contributed by atoms with E-state index in [9.17, 15) is 13.2 Å². The average molecular weight is 436 g/mol.